The molecule has 0 aliphatic rings. The van der Waals surface area contributed by atoms with Crippen molar-refractivity contribution >= 4 is 17.7 Å². The minimum atomic E-state index is -0.532. The summed E-state index contributed by atoms with van der Waals surface area (Å²) in [4.78, 5) is 26.7. The van der Waals surface area contributed by atoms with Crippen LogP contribution < -0.4 is 10.2 Å². The van der Waals surface area contributed by atoms with Crippen LogP contribution >= 0.6 is 0 Å². The zero-order valence-electron chi connectivity index (χ0n) is 17.6. The second-order valence-corrected chi connectivity index (χ2v) is 8.11. The molecular weight excluding hydrogens is 352 g/mol. The molecule has 2 aromatic carbocycles. The lowest BCUT2D eigenvalue weighted by molar-refractivity contribution is 0.0523. The molecule has 0 spiro atoms. The van der Waals surface area contributed by atoms with Gasteiger partial charge in [0.25, 0.3) is 5.91 Å². The Kier molecular flexibility index (Phi) is 6.84. The highest BCUT2D eigenvalue weighted by atomic mass is 16.6. The van der Waals surface area contributed by atoms with Crippen LogP contribution in [0.25, 0.3) is 0 Å². The van der Waals surface area contributed by atoms with Gasteiger partial charge in [-0.2, -0.15) is 0 Å². The van der Waals surface area contributed by atoms with Crippen molar-refractivity contribution in [3.8, 4) is 0 Å². The lowest BCUT2D eigenvalue weighted by atomic mass is 10.1. The first-order valence-corrected chi connectivity index (χ1v) is 9.53. The Balaban J connectivity index is 2.10. The highest BCUT2D eigenvalue weighted by Crippen LogP contribution is 2.24. The van der Waals surface area contributed by atoms with E-state index in [1.54, 1.807) is 12.1 Å². The van der Waals surface area contributed by atoms with Gasteiger partial charge in [0, 0.05) is 23.8 Å². The van der Waals surface area contributed by atoms with E-state index in [-0.39, 0.29) is 11.9 Å². The third kappa shape index (κ3) is 5.84. The normalized spacial score (nSPS) is 11.2. The van der Waals surface area contributed by atoms with E-state index in [4.69, 9.17) is 4.74 Å². The third-order valence-corrected chi connectivity index (χ3v) is 4.15. The van der Waals surface area contributed by atoms with E-state index in [0.29, 0.717) is 12.1 Å². The second-order valence-electron chi connectivity index (χ2n) is 8.11. The molecule has 0 fully saturated rings. The first-order valence-electron chi connectivity index (χ1n) is 9.53. The van der Waals surface area contributed by atoms with E-state index < -0.39 is 11.7 Å². The Morgan fingerprint density at radius 1 is 1.04 bits per heavy atom. The first-order chi connectivity index (χ1) is 13.1. The van der Waals surface area contributed by atoms with Crippen LogP contribution in [0, 0.1) is 6.92 Å². The average Bonchev–Trinajstić information content (AvgIpc) is 2.60. The maximum absolute atomic E-state index is 13.1. The van der Waals surface area contributed by atoms with Crippen LogP contribution in [0.15, 0.2) is 48.5 Å². The highest BCUT2D eigenvalue weighted by molar-refractivity contribution is 6.06. The fourth-order valence-corrected chi connectivity index (χ4v) is 2.85. The summed E-state index contributed by atoms with van der Waals surface area (Å²) in [7, 11) is 0. The van der Waals surface area contributed by atoms with Crippen molar-refractivity contribution in [1.82, 2.24) is 5.32 Å². The SMILES string of the molecule is Cc1ccccc1N(C(=O)c1ccc(CNC(=O)OC(C)(C)C)cc1)C(C)C. The van der Waals surface area contributed by atoms with Crippen molar-refractivity contribution in [2.75, 3.05) is 4.90 Å². The number of alkyl carbamates (subject to hydrolysis) is 1. The van der Waals surface area contributed by atoms with Crippen molar-refractivity contribution in [3.05, 3.63) is 65.2 Å². The van der Waals surface area contributed by atoms with Gasteiger partial charge in [0.1, 0.15) is 5.60 Å². The maximum Gasteiger partial charge on any atom is 0.407 e. The minimum Gasteiger partial charge on any atom is -0.444 e. The van der Waals surface area contributed by atoms with Gasteiger partial charge in [0.15, 0.2) is 0 Å². The van der Waals surface area contributed by atoms with E-state index in [9.17, 15) is 9.59 Å². The molecule has 5 nitrogen and oxygen atoms in total. The topological polar surface area (TPSA) is 58.6 Å². The predicted molar refractivity (Wildman–Crippen MR) is 113 cm³/mol. The van der Waals surface area contributed by atoms with Gasteiger partial charge in [-0.05, 0) is 70.9 Å². The molecule has 0 atom stereocenters. The van der Waals surface area contributed by atoms with Crippen molar-refractivity contribution in [3.63, 3.8) is 0 Å². The molecule has 2 rings (SSSR count). The molecule has 0 aromatic heterocycles. The number of benzene rings is 2. The summed E-state index contributed by atoms with van der Waals surface area (Å²) >= 11 is 0. The fraction of sp³-hybridized carbons (Fsp3) is 0.391. The molecule has 0 aliphatic heterocycles. The van der Waals surface area contributed by atoms with Gasteiger partial charge in [0.2, 0.25) is 0 Å². The number of aryl methyl sites for hydroxylation is 1. The van der Waals surface area contributed by atoms with E-state index in [2.05, 4.69) is 5.32 Å². The smallest absolute Gasteiger partial charge is 0.407 e. The van der Waals surface area contributed by atoms with Crippen LogP contribution in [0.3, 0.4) is 0 Å². The summed E-state index contributed by atoms with van der Waals surface area (Å²) in [5, 5.41) is 2.72. The number of para-hydroxylation sites is 1. The molecule has 0 radical (unpaired) electrons. The van der Waals surface area contributed by atoms with Gasteiger partial charge in [-0.3, -0.25) is 4.79 Å². The van der Waals surface area contributed by atoms with Crippen molar-refractivity contribution in [2.45, 2.75) is 59.7 Å². The van der Waals surface area contributed by atoms with Crippen LogP contribution in [-0.2, 0) is 11.3 Å². The van der Waals surface area contributed by atoms with E-state index in [1.807, 2.05) is 82.8 Å². The molecule has 2 amide bonds. The van der Waals surface area contributed by atoms with Gasteiger partial charge < -0.3 is 15.0 Å². The molecule has 0 saturated heterocycles. The number of carbonyl (C=O) groups excluding carboxylic acids is 2. The summed E-state index contributed by atoms with van der Waals surface area (Å²) in [6, 6.07) is 15.2. The Morgan fingerprint density at radius 3 is 2.18 bits per heavy atom. The van der Waals surface area contributed by atoms with E-state index >= 15 is 0 Å². The van der Waals surface area contributed by atoms with Gasteiger partial charge >= 0.3 is 6.09 Å². The van der Waals surface area contributed by atoms with Crippen molar-refractivity contribution in [1.29, 1.82) is 0 Å². The quantitative estimate of drug-likeness (QED) is 0.785. The number of amides is 2. The standard InChI is InChI=1S/C23H30N2O3/c1-16(2)25(20-10-8-7-9-17(20)3)21(26)19-13-11-18(12-14-19)15-24-22(27)28-23(4,5)6/h7-14,16H,15H2,1-6H3,(H,24,27). The zero-order chi connectivity index (χ0) is 20.9. The summed E-state index contributed by atoms with van der Waals surface area (Å²) < 4.78 is 5.23. The number of hydrogen-bond acceptors (Lipinski definition) is 3. The van der Waals surface area contributed by atoms with Crippen molar-refractivity contribution in [2.24, 2.45) is 0 Å². The number of hydrogen-bond donors (Lipinski definition) is 1. The van der Waals surface area contributed by atoms with Crippen LogP contribution in [0.5, 0.6) is 0 Å². The van der Waals surface area contributed by atoms with Crippen LogP contribution in [0.4, 0.5) is 10.5 Å². The van der Waals surface area contributed by atoms with E-state index in [1.165, 1.54) is 0 Å². The van der Waals surface area contributed by atoms with Gasteiger partial charge in [-0.25, -0.2) is 4.79 Å². The van der Waals surface area contributed by atoms with Crippen LogP contribution in [0.2, 0.25) is 0 Å². The molecule has 28 heavy (non-hydrogen) atoms. The average molecular weight is 383 g/mol. The van der Waals surface area contributed by atoms with Gasteiger partial charge in [0.05, 0.1) is 0 Å². The highest BCUT2D eigenvalue weighted by Gasteiger charge is 2.22. The third-order valence-electron chi connectivity index (χ3n) is 4.15. The number of nitrogens with zero attached hydrogens (tertiary/aromatic N) is 1. The lowest BCUT2D eigenvalue weighted by Crippen LogP contribution is -2.37. The molecule has 5 heteroatoms. The first kappa shape index (κ1) is 21.5. The minimum absolute atomic E-state index is 0.0297. The summed E-state index contributed by atoms with van der Waals surface area (Å²) in [5.41, 5.74) is 2.95. The number of ether oxygens (including phenoxy) is 1. The molecule has 0 aliphatic carbocycles. The number of anilines is 1. The molecule has 0 heterocycles. The molecule has 0 saturated carbocycles. The Labute approximate surface area is 167 Å². The van der Waals surface area contributed by atoms with Crippen molar-refractivity contribution < 1.29 is 14.3 Å². The Bertz CT molecular complexity index is 820. The predicted octanol–water partition coefficient (Wildman–Crippen LogP) is 5.07. The molecule has 1 N–H and O–H groups in total. The van der Waals surface area contributed by atoms with Crippen LogP contribution in [0.1, 0.15) is 56.1 Å². The molecular formula is C23H30N2O3. The summed E-state index contributed by atoms with van der Waals surface area (Å²) in [6.07, 6.45) is -0.460. The largest absolute Gasteiger partial charge is 0.444 e. The zero-order valence-corrected chi connectivity index (χ0v) is 17.6. The molecule has 0 bridgehead atoms. The molecule has 2 aromatic rings. The second kappa shape index (κ2) is 8.91. The monoisotopic (exact) mass is 382 g/mol. The molecule has 150 valence electrons. The Hall–Kier alpha value is -2.82. The summed E-state index contributed by atoms with van der Waals surface area (Å²) in [5.74, 6) is -0.0454. The summed E-state index contributed by atoms with van der Waals surface area (Å²) in [6.45, 7) is 11.8. The van der Waals surface area contributed by atoms with E-state index in [0.717, 1.165) is 16.8 Å². The Morgan fingerprint density at radius 2 is 1.64 bits per heavy atom. The number of nitrogens with one attached hydrogen (secondary N) is 1. The molecule has 0 unspecified atom stereocenters. The number of rotatable bonds is 5. The van der Waals surface area contributed by atoms with Gasteiger partial charge in [-0.15, -0.1) is 0 Å². The lowest BCUT2D eigenvalue weighted by Gasteiger charge is -2.28. The fourth-order valence-electron chi connectivity index (χ4n) is 2.85. The van der Waals surface area contributed by atoms with Crippen LogP contribution in [-0.4, -0.2) is 23.6 Å². The maximum atomic E-state index is 13.1. The number of carbonyl (C=O) groups is 2. The van der Waals surface area contributed by atoms with Gasteiger partial charge in [-0.1, -0.05) is 30.3 Å².